The Kier molecular flexibility index (Phi) is 7.61. The van der Waals surface area contributed by atoms with Gasteiger partial charge in [0.1, 0.15) is 10.7 Å². The van der Waals surface area contributed by atoms with Gasteiger partial charge in [-0.2, -0.15) is 18.2 Å². The highest BCUT2D eigenvalue weighted by atomic mass is 35.5. The van der Waals surface area contributed by atoms with E-state index >= 15 is 0 Å². The number of halogens is 4. The van der Waals surface area contributed by atoms with Crippen LogP contribution in [0.2, 0.25) is 5.15 Å². The van der Waals surface area contributed by atoms with Gasteiger partial charge in [0.25, 0.3) is 0 Å². The average molecular weight is 522 g/mol. The van der Waals surface area contributed by atoms with Crippen molar-refractivity contribution in [1.29, 1.82) is 0 Å². The number of aryl methyl sites for hydroxylation is 1. The minimum absolute atomic E-state index is 0.0191. The van der Waals surface area contributed by atoms with Crippen LogP contribution in [-0.4, -0.2) is 44.6 Å². The molecular formula is C26H31ClF3N5O. The number of nitrogens with zero attached hydrogens (tertiary/aromatic N) is 5. The van der Waals surface area contributed by atoms with Gasteiger partial charge in [0.15, 0.2) is 5.82 Å². The molecule has 0 amide bonds. The zero-order chi connectivity index (χ0) is 26.2. The SMILES string of the molecule is CCC1CN(c2nc(=O)n(C)c3ccc(Cl)nc23)[C@@H](CC)CN1C(CC)c1ccc(C(F)(F)F)cc1. The van der Waals surface area contributed by atoms with Crippen LogP contribution in [0.3, 0.4) is 0 Å². The molecule has 0 spiro atoms. The van der Waals surface area contributed by atoms with Crippen molar-refractivity contribution in [2.75, 3.05) is 18.0 Å². The Hall–Kier alpha value is -2.65. The fourth-order valence-electron chi connectivity index (χ4n) is 5.27. The monoisotopic (exact) mass is 521 g/mol. The summed E-state index contributed by atoms with van der Waals surface area (Å²) in [5, 5.41) is 0.330. The lowest BCUT2D eigenvalue weighted by atomic mass is 9.94. The van der Waals surface area contributed by atoms with Crippen molar-refractivity contribution in [2.24, 2.45) is 7.05 Å². The number of aromatic nitrogens is 3. The molecule has 1 saturated heterocycles. The first-order valence-corrected chi connectivity index (χ1v) is 12.7. The number of piperazine rings is 1. The van der Waals surface area contributed by atoms with Gasteiger partial charge in [0.05, 0.1) is 11.1 Å². The van der Waals surface area contributed by atoms with Crippen LogP contribution in [0.1, 0.15) is 57.2 Å². The standard InChI is InChI=1S/C26H31ClF3N5O/c1-5-18-15-35(24-23-21(12-13-22(27)31-23)33(4)25(36)32-24)19(6-2)14-34(18)20(7-3)16-8-10-17(11-9-16)26(28,29)30/h8-13,18-20H,5-7,14-15H2,1-4H3/t18?,19-,20?/m0/s1. The molecule has 3 aromatic rings. The minimum atomic E-state index is -4.36. The summed E-state index contributed by atoms with van der Waals surface area (Å²) in [7, 11) is 1.66. The van der Waals surface area contributed by atoms with Crippen LogP contribution in [-0.2, 0) is 13.2 Å². The van der Waals surface area contributed by atoms with Gasteiger partial charge in [-0.15, -0.1) is 0 Å². The highest BCUT2D eigenvalue weighted by Gasteiger charge is 2.38. The Balaban J connectivity index is 1.71. The molecule has 0 N–H and O–H groups in total. The lowest BCUT2D eigenvalue weighted by molar-refractivity contribution is -0.137. The van der Waals surface area contributed by atoms with Crippen LogP contribution in [0.15, 0.2) is 41.2 Å². The van der Waals surface area contributed by atoms with Gasteiger partial charge in [-0.3, -0.25) is 9.47 Å². The van der Waals surface area contributed by atoms with Crippen LogP contribution in [0, 0.1) is 0 Å². The minimum Gasteiger partial charge on any atom is -0.349 e. The van der Waals surface area contributed by atoms with Gasteiger partial charge >= 0.3 is 11.9 Å². The smallest absolute Gasteiger partial charge is 0.349 e. The molecule has 0 radical (unpaired) electrons. The molecule has 10 heteroatoms. The number of anilines is 1. The third-order valence-corrected chi connectivity index (χ3v) is 7.48. The zero-order valence-electron chi connectivity index (χ0n) is 20.9. The van der Waals surface area contributed by atoms with E-state index in [9.17, 15) is 18.0 Å². The van der Waals surface area contributed by atoms with E-state index in [0.29, 0.717) is 35.1 Å². The van der Waals surface area contributed by atoms with Crippen LogP contribution >= 0.6 is 11.6 Å². The van der Waals surface area contributed by atoms with Crippen molar-refractivity contribution < 1.29 is 13.2 Å². The summed E-state index contributed by atoms with van der Waals surface area (Å²) in [4.78, 5) is 26.2. The van der Waals surface area contributed by atoms with Crippen molar-refractivity contribution in [2.45, 2.75) is 64.3 Å². The topological polar surface area (TPSA) is 54.3 Å². The summed E-state index contributed by atoms with van der Waals surface area (Å²) in [6, 6.07) is 9.10. The van der Waals surface area contributed by atoms with Gasteiger partial charge in [-0.05, 0) is 49.1 Å². The Morgan fingerprint density at radius 3 is 2.25 bits per heavy atom. The van der Waals surface area contributed by atoms with E-state index in [1.807, 2.05) is 0 Å². The van der Waals surface area contributed by atoms with Gasteiger partial charge in [-0.25, -0.2) is 9.78 Å². The maximum absolute atomic E-state index is 13.1. The summed E-state index contributed by atoms with van der Waals surface area (Å²) in [6.45, 7) is 7.56. The van der Waals surface area contributed by atoms with Crippen LogP contribution in [0.4, 0.5) is 19.0 Å². The van der Waals surface area contributed by atoms with Gasteiger partial charge in [-0.1, -0.05) is 44.5 Å². The highest BCUT2D eigenvalue weighted by Crippen LogP contribution is 2.36. The quantitative estimate of drug-likeness (QED) is 0.382. The average Bonchev–Trinajstić information content (AvgIpc) is 2.86. The molecule has 3 atom stereocenters. The highest BCUT2D eigenvalue weighted by molar-refractivity contribution is 6.29. The van der Waals surface area contributed by atoms with E-state index in [2.05, 4.69) is 40.5 Å². The fourth-order valence-corrected chi connectivity index (χ4v) is 5.41. The van der Waals surface area contributed by atoms with Crippen molar-refractivity contribution >= 4 is 28.5 Å². The number of pyridine rings is 1. The van der Waals surface area contributed by atoms with E-state index in [0.717, 1.165) is 37.0 Å². The Morgan fingerprint density at radius 1 is 1.00 bits per heavy atom. The van der Waals surface area contributed by atoms with Gasteiger partial charge < -0.3 is 4.90 Å². The van der Waals surface area contributed by atoms with Crippen molar-refractivity contribution in [3.8, 4) is 0 Å². The molecule has 6 nitrogen and oxygen atoms in total. The second-order valence-electron chi connectivity index (χ2n) is 9.30. The van der Waals surface area contributed by atoms with E-state index in [1.54, 1.807) is 31.3 Å². The molecule has 36 heavy (non-hydrogen) atoms. The van der Waals surface area contributed by atoms with E-state index in [-0.39, 0.29) is 23.8 Å². The molecule has 194 valence electrons. The largest absolute Gasteiger partial charge is 0.416 e. The Labute approximate surface area is 213 Å². The normalized spacial score (nSPS) is 20.2. The van der Waals surface area contributed by atoms with Gasteiger partial charge in [0.2, 0.25) is 0 Å². The lowest BCUT2D eigenvalue weighted by Crippen LogP contribution is -2.59. The third-order valence-electron chi connectivity index (χ3n) is 7.26. The number of hydrogen-bond donors (Lipinski definition) is 0. The van der Waals surface area contributed by atoms with Crippen LogP contribution in [0.25, 0.3) is 11.0 Å². The predicted octanol–water partition coefficient (Wildman–Crippen LogP) is 5.83. The summed E-state index contributed by atoms with van der Waals surface area (Å²) in [5.41, 5.74) is 1.12. The second-order valence-corrected chi connectivity index (χ2v) is 9.68. The molecule has 0 aliphatic carbocycles. The maximum atomic E-state index is 13.1. The fraction of sp³-hybridized carbons (Fsp3) is 0.500. The number of hydrogen-bond acceptors (Lipinski definition) is 5. The van der Waals surface area contributed by atoms with E-state index < -0.39 is 11.7 Å². The van der Waals surface area contributed by atoms with E-state index in [1.165, 1.54) is 4.57 Å². The molecule has 2 unspecified atom stereocenters. The Morgan fingerprint density at radius 2 is 1.67 bits per heavy atom. The maximum Gasteiger partial charge on any atom is 0.416 e. The molecule has 0 saturated carbocycles. The Bertz CT molecular complexity index is 1280. The number of fused-ring (bicyclic) bond motifs is 1. The molecule has 4 rings (SSSR count). The van der Waals surface area contributed by atoms with Crippen molar-refractivity contribution in [3.05, 3.63) is 63.2 Å². The molecular weight excluding hydrogens is 491 g/mol. The van der Waals surface area contributed by atoms with Crippen LogP contribution < -0.4 is 10.6 Å². The molecule has 2 aromatic heterocycles. The van der Waals surface area contributed by atoms with Crippen molar-refractivity contribution in [1.82, 2.24) is 19.4 Å². The zero-order valence-corrected chi connectivity index (χ0v) is 21.6. The molecule has 3 heterocycles. The molecule has 1 aromatic carbocycles. The van der Waals surface area contributed by atoms with Gasteiger partial charge in [0, 0.05) is 38.3 Å². The number of alkyl halides is 3. The van der Waals surface area contributed by atoms with Crippen LogP contribution in [0.5, 0.6) is 0 Å². The lowest BCUT2D eigenvalue weighted by Gasteiger charge is -2.49. The molecule has 1 fully saturated rings. The third kappa shape index (κ3) is 4.95. The summed E-state index contributed by atoms with van der Waals surface area (Å²) >= 11 is 6.22. The summed E-state index contributed by atoms with van der Waals surface area (Å²) < 4.78 is 40.8. The van der Waals surface area contributed by atoms with Crippen molar-refractivity contribution in [3.63, 3.8) is 0 Å². The molecule has 1 aliphatic rings. The summed E-state index contributed by atoms with van der Waals surface area (Å²) in [5.74, 6) is 0.531. The second kappa shape index (κ2) is 10.4. The molecule has 1 aliphatic heterocycles. The first-order chi connectivity index (χ1) is 17.1. The van der Waals surface area contributed by atoms with E-state index in [4.69, 9.17) is 11.6 Å². The number of benzene rings is 1. The first kappa shape index (κ1) is 26.4. The molecule has 0 bridgehead atoms. The predicted molar refractivity (Wildman–Crippen MR) is 136 cm³/mol. The number of rotatable bonds is 6. The summed E-state index contributed by atoms with van der Waals surface area (Å²) in [6.07, 6.45) is -1.95. The first-order valence-electron chi connectivity index (χ1n) is 12.3.